The first kappa shape index (κ1) is 14.6. The van der Waals surface area contributed by atoms with Crippen LogP contribution < -0.4 is 0 Å². The Balaban J connectivity index is 1.80. The maximum absolute atomic E-state index is 12.4. The number of carbonyl (C=O) groups is 2. The number of hydrogen-bond donors (Lipinski definition) is 0. The van der Waals surface area contributed by atoms with Crippen molar-refractivity contribution in [2.45, 2.75) is 13.5 Å². The SMILES string of the molecule is Cc1ccc(CN2C(=O)SC(=Cc3ccccc3)C2=O)cc1. The Morgan fingerprint density at radius 3 is 2.36 bits per heavy atom. The molecule has 3 rings (SSSR count). The Bertz CT molecular complexity index is 735. The first-order chi connectivity index (χ1) is 10.6. The van der Waals surface area contributed by atoms with Gasteiger partial charge in [0.15, 0.2) is 0 Å². The smallest absolute Gasteiger partial charge is 0.268 e. The molecule has 0 saturated carbocycles. The summed E-state index contributed by atoms with van der Waals surface area (Å²) < 4.78 is 0. The van der Waals surface area contributed by atoms with E-state index in [1.807, 2.05) is 61.5 Å². The van der Waals surface area contributed by atoms with E-state index in [1.165, 1.54) is 4.90 Å². The van der Waals surface area contributed by atoms with E-state index in [-0.39, 0.29) is 11.1 Å². The Labute approximate surface area is 133 Å². The molecular weight excluding hydrogens is 294 g/mol. The molecule has 0 bridgehead atoms. The van der Waals surface area contributed by atoms with Gasteiger partial charge in [-0.3, -0.25) is 14.5 Å². The van der Waals surface area contributed by atoms with Gasteiger partial charge in [0, 0.05) is 0 Å². The Morgan fingerprint density at radius 1 is 1.00 bits per heavy atom. The highest BCUT2D eigenvalue weighted by Gasteiger charge is 2.34. The summed E-state index contributed by atoms with van der Waals surface area (Å²) in [6.07, 6.45) is 1.76. The van der Waals surface area contributed by atoms with Gasteiger partial charge in [-0.05, 0) is 35.9 Å². The summed E-state index contributed by atoms with van der Waals surface area (Å²) in [6.45, 7) is 2.32. The van der Waals surface area contributed by atoms with E-state index in [0.717, 1.165) is 28.5 Å². The van der Waals surface area contributed by atoms with Crippen LogP contribution in [0.5, 0.6) is 0 Å². The summed E-state index contributed by atoms with van der Waals surface area (Å²) in [5, 5.41) is -0.215. The normalized spacial score (nSPS) is 16.6. The van der Waals surface area contributed by atoms with Crippen molar-refractivity contribution in [2.75, 3.05) is 0 Å². The minimum absolute atomic E-state index is 0.215. The van der Waals surface area contributed by atoms with E-state index in [1.54, 1.807) is 6.08 Å². The van der Waals surface area contributed by atoms with E-state index >= 15 is 0 Å². The fourth-order valence-electron chi connectivity index (χ4n) is 2.21. The van der Waals surface area contributed by atoms with Crippen molar-refractivity contribution in [3.05, 3.63) is 76.2 Å². The highest BCUT2D eigenvalue weighted by atomic mass is 32.2. The minimum Gasteiger partial charge on any atom is -0.268 e. The van der Waals surface area contributed by atoms with Crippen LogP contribution in [-0.4, -0.2) is 16.0 Å². The quantitative estimate of drug-likeness (QED) is 0.796. The van der Waals surface area contributed by atoms with Gasteiger partial charge in [-0.2, -0.15) is 0 Å². The molecule has 110 valence electrons. The van der Waals surface area contributed by atoms with Crippen LogP contribution in [0.4, 0.5) is 4.79 Å². The molecule has 0 atom stereocenters. The third-order valence-corrected chi connectivity index (χ3v) is 4.34. The number of benzene rings is 2. The number of nitrogens with zero attached hydrogens (tertiary/aromatic N) is 1. The first-order valence-corrected chi connectivity index (χ1v) is 7.81. The summed E-state index contributed by atoms with van der Waals surface area (Å²) in [5.74, 6) is -0.223. The summed E-state index contributed by atoms with van der Waals surface area (Å²) in [4.78, 5) is 26.3. The molecule has 0 aromatic heterocycles. The van der Waals surface area contributed by atoms with Gasteiger partial charge in [0.1, 0.15) is 0 Å². The molecule has 2 aromatic rings. The van der Waals surface area contributed by atoms with Crippen LogP contribution in [-0.2, 0) is 11.3 Å². The second-order valence-electron chi connectivity index (χ2n) is 5.16. The number of aryl methyl sites for hydroxylation is 1. The van der Waals surface area contributed by atoms with Crippen LogP contribution in [0.2, 0.25) is 0 Å². The summed E-state index contributed by atoms with van der Waals surface area (Å²) in [5.41, 5.74) is 3.03. The molecule has 0 unspecified atom stereocenters. The average Bonchev–Trinajstić information content (AvgIpc) is 2.78. The highest BCUT2D eigenvalue weighted by Crippen LogP contribution is 2.33. The Kier molecular flexibility index (Phi) is 4.11. The number of amides is 2. The molecule has 1 aliphatic heterocycles. The summed E-state index contributed by atoms with van der Waals surface area (Å²) in [6, 6.07) is 17.4. The van der Waals surface area contributed by atoms with Crippen LogP contribution in [0.25, 0.3) is 6.08 Å². The van der Waals surface area contributed by atoms with Gasteiger partial charge in [0.25, 0.3) is 11.1 Å². The molecule has 22 heavy (non-hydrogen) atoms. The lowest BCUT2D eigenvalue weighted by molar-refractivity contribution is -0.123. The lowest BCUT2D eigenvalue weighted by Crippen LogP contribution is -2.27. The van der Waals surface area contributed by atoms with Gasteiger partial charge in [0.05, 0.1) is 11.4 Å². The van der Waals surface area contributed by atoms with Gasteiger partial charge >= 0.3 is 0 Å². The Morgan fingerprint density at radius 2 is 1.68 bits per heavy atom. The number of imide groups is 1. The molecule has 3 nitrogen and oxygen atoms in total. The molecule has 1 aliphatic rings. The van der Waals surface area contributed by atoms with E-state index in [9.17, 15) is 9.59 Å². The standard InChI is InChI=1S/C18H15NO2S/c1-13-7-9-15(10-8-13)12-19-17(20)16(22-18(19)21)11-14-5-3-2-4-6-14/h2-11H,12H2,1H3. The third kappa shape index (κ3) is 3.12. The number of thioether (sulfide) groups is 1. The lowest BCUT2D eigenvalue weighted by atomic mass is 10.1. The topological polar surface area (TPSA) is 37.4 Å². The van der Waals surface area contributed by atoms with Crippen LogP contribution in [0, 0.1) is 6.92 Å². The molecule has 2 aromatic carbocycles. The zero-order valence-electron chi connectivity index (χ0n) is 12.2. The maximum atomic E-state index is 12.4. The van der Waals surface area contributed by atoms with Crippen molar-refractivity contribution < 1.29 is 9.59 Å². The van der Waals surface area contributed by atoms with Crippen molar-refractivity contribution in [1.29, 1.82) is 0 Å². The van der Waals surface area contributed by atoms with Gasteiger partial charge in [-0.25, -0.2) is 0 Å². The molecule has 1 saturated heterocycles. The van der Waals surface area contributed by atoms with Crippen LogP contribution in [0.3, 0.4) is 0 Å². The fraction of sp³-hybridized carbons (Fsp3) is 0.111. The van der Waals surface area contributed by atoms with Crippen molar-refractivity contribution in [2.24, 2.45) is 0 Å². The number of hydrogen-bond acceptors (Lipinski definition) is 3. The van der Waals surface area contributed by atoms with Crippen molar-refractivity contribution in [1.82, 2.24) is 4.90 Å². The molecule has 1 fully saturated rings. The average molecular weight is 309 g/mol. The zero-order valence-corrected chi connectivity index (χ0v) is 13.0. The van der Waals surface area contributed by atoms with Gasteiger partial charge in [-0.15, -0.1) is 0 Å². The van der Waals surface area contributed by atoms with Crippen LogP contribution >= 0.6 is 11.8 Å². The van der Waals surface area contributed by atoms with Crippen LogP contribution in [0.1, 0.15) is 16.7 Å². The molecular formula is C18H15NO2S. The predicted molar refractivity (Wildman–Crippen MR) is 89.1 cm³/mol. The van der Waals surface area contributed by atoms with Crippen molar-refractivity contribution in [3.63, 3.8) is 0 Å². The lowest BCUT2D eigenvalue weighted by Gasteiger charge is -2.12. The molecule has 2 amide bonds. The summed E-state index contributed by atoms with van der Waals surface area (Å²) >= 11 is 0.998. The Hall–Kier alpha value is -2.33. The van der Waals surface area contributed by atoms with Gasteiger partial charge in [-0.1, -0.05) is 60.2 Å². The maximum Gasteiger partial charge on any atom is 0.293 e. The van der Waals surface area contributed by atoms with E-state index in [0.29, 0.717) is 11.4 Å². The molecule has 0 spiro atoms. The monoisotopic (exact) mass is 309 g/mol. The van der Waals surface area contributed by atoms with E-state index < -0.39 is 0 Å². The molecule has 4 heteroatoms. The molecule has 1 heterocycles. The highest BCUT2D eigenvalue weighted by molar-refractivity contribution is 8.18. The minimum atomic E-state index is -0.223. The fourth-order valence-corrected chi connectivity index (χ4v) is 3.05. The predicted octanol–water partition coefficient (Wildman–Crippen LogP) is 4.23. The first-order valence-electron chi connectivity index (χ1n) is 6.99. The number of carbonyl (C=O) groups excluding carboxylic acids is 2. The third-order valence-electron chi connectivity index (χ3n) is 3.43. The second-order valence-corrected chi connectivity index (χ2v) is 6.16. The van der Waals surface area contributed by atoms with E-state index in [4.69, 9.17) is 0 Å². The molecule has 0 radical (unpaired) electrons. The van der Waals surface area contributed by atoms with E-state index in [2.05, 4.69) is 0 Å². The largest absolute Gasteiger partial charge is 0.293 e. The molecule has 0 aliphatic carbocycles. The number of rotatable bonds is 3. The van der Waals surface area contributed by atoms with Crippen molar-refractivity contribution >= 4 is 29.0 Å². The summed E-state index contributed by atoms with van der Waals surface area (Å²) in [7, 11) is 0. The second kappa shape index (κ2) is 6.20. The van der Waals surface area contributed by atoms with Gasteiger partial charge < -0.3 is 0 Å². The van der Waals surface area contributed by atoms with Crippen molar-refractivity contribution in [3.8, 4) is 0 Å². The zero-order chi connectivity index (χ0) is 15.5. The van der Waals surface area contributed by atoms with Gasteiger partial charge in [0.2, 0.25) is 0 Å². The molecule has 0 N–H and O–H groups in total. The van der Waals surface area contributed by atoms with Crippen LogP contribution in [0.15, 0.2) is 59.5 Å².